The zero-order valence-electron chi connectivity index (χ0n) is 11.4. The average molecular weight is 262 g/mol. The smallest absolute Gasteiger partial charge is 0.228 e. The highest BCUT2D eigenvalue weighted by Gasteiger charge is 2.16. The highest BCUT2D eigenvalue weighted by atomic mass is 16.5. The van der Waals surface area contributed by atoms with Crippen molar-refractivity contribution >= 4 is 5.91 Å². The van der Waals surface area contributed by atoms with Crippen molar-refractivity contribution < 1.29 is 9.32 Å². The first-order chi connectivity index (χ1) is 9.08. The molecular weight excluding hydrogens is 244 g/mol. The van der Waals surface area contributed by atoms with Crippen LogP contribution in [-0.2, 0) is 11.2 Å². The second kappa shape index (κ2) is 5.69. The van der Waals surface area contributed by atoms with Gasteiger partial charge in [-0.3, -0.25) is 4.79 Å². The topological polar surface area (TPSA) is 83.8 Å². The molecule has 2 heterocycles. The van der Waals surface area contributed by atoms with Crippen LogP contribution in [-0.4, -0.2) is 21.0 Å². The van der Waals surface area contributed by atoms with E-state index in [9.17, 15) is 4.79 Å². The molecule has 0 saturated heterocycles. The highest BCUT2D eigenvalue weighted by molar-refractivity contribution is 5.78. The Balaban J connectivity index is 1.96. The third kappa shape index (κ3) is 3.43. The number of amides is 1. The maximum absolute atomic E-state index is 11.9. The molecule has 0 aliphatic heterocycles. The molecule has 1 atom stereocenters. The molecule has 2 N–H and O–H groups in total. The fourth-order valence-electron chi connectivity index (χ4n) is 1.88. The fourth-order valence-corrected chi connectivity index (χ4v) is 1.88. The molecule has 0 bridgehead atoms. The SMILES string of the molecule is CC[C@@H](NC(=O)Cc1cc(C)no1)c1ncc(C)[nH]1. The number of nitrogens with one attached hydrogen (secondary N) is 2. The number of H-pyrrole nitrogens is 1. The number of rotatable bonds is 5. The van der Waals surface area contributed by atoms with Gasteiger partial charge < -0.3 is 14.8 Å². The Morgan fingerprint density at radius 3 is 2.84 bits per heavy atom. The van der Waals surface area contributed by atoms with E-state index in [-0.39, 0.29) is 18.4 Å². The monoisotopic (exact) mass is 262 g/mol. The largest absolute Gasteiger partial charge is 0.361 e. The average Bonchev–Trinajstić information content (AvgIpc) is 2.95. The van der Waals surface area contributed by atoms with Gasteiger partial charge in [0, 0.05) is 18.0 Å². The lowest BCUT2D eigenvalue weighted by Crippen LogP contribution is -2.30. The van der Waals surface area contributed by atoms with E-state index in [2.05, 4.69) is 20.4 Å². The molecule has 2 aromatic heterocycles. The molecule has 6 nitrogen and oxygen atoms in total. The quantitative estimate of drug-likeness (QED) is 0.861. The zero-order chi connectivity index (χ0) is 13.8. The molecule has 19 heavy (non-hydrogen) atoms. The van der Waals surface area contributed by atoms with Crippen LogP contribution < -0.4 is 5.32 Å². The summed E-state index contributed by atoms with van der Waals surface area (Å²) < 4.78 is 5.03. The molecule has 0 unspecified atom stereocenters. The molecule has 0 aliphatic carbocycles. The van der Waals surface area contributed by atoms with Gasteiger partial charge in [0.15, 0.2) is 0 Å². The summed E-state index contributed by atoms with van der Waals surface area (Å²) in [7, 11) is 0. The molecule has 102 valence electrons. The van der Waals surface area contributed by atoms with Gasteiger partial charge in [-0.2, -0.15) is 0 Å². The number of hydrogen-bond donors (Lipinski definition) is 2. The van der Waals surface area contributed by atoms with Gasteiger partial charge in [0.05, 0.1) is 18.2 Å². The van der Waals surface area contributed by atoms with E-state index in [4.69, 9.17) is 4.52 Å². The van der Waals surface area contributed by atoms with Crippen LogP contribution in [0, 0.1) is 13.8 Å². The third-order valence-electron chi connectivity index (χ3n) is 2.81. The Hall–Kier alpha value is -2.11. The standard InChI is InChI=1S/C13H18N4O2/c1-4-11(13-14-7-9(3)15-13)16-12(18)6-10-5-8(2)17-19-10/h5,7,11H,4,6H2,1-3H3,(H,14,15)(H,16,18)/t11-/m1/s1. The lowest BCUT2D eigenvalue weighted by atomic mass is 10.2. The van der Waals surface area contributed by atoms with Gasteiger partial charge in [-0.05, 0) is 20.3 Å². The van der Waals surface area contributed by atoms with E-state index in [0.29, 0.717) is 5.76 Å². The highest BCUT2D eigenvalue weighted by Crippen LogP contribution is 2.13. The fraction of sp³-hybridized carbons (Fsp3) is 0.462. The summed E-state index contributed by atoms with van der Waals surface area (Å²) in [5.74, 6) is 1.25. The molecule has 0 fully saturated rings. The van der Waals surface area contributed by atoms with E-state index in [1.807, 2.05) is 20.8 Å². The Morgan fingerprint density at radius 1 is 1.53 bits per heavy atom. The van der Waals surface area contributed by atoms with Crippen molar-refractivity contribution in [3.63, 3.8) is 0 Å². The molecule has 0 aliphatic rings. The normalized spacial score (nSPS) is 12.4. The van der Waals surface area contributed by atoms with Crippen molar-refractivity contribution in [2.24, 2.45) is 0 Å². The molecule has 0 spiro atoms. The van der Waals surface area contributed by atoms with Crippen molar-refractivity contribution in [1.82, 2.24) is 20.4 Å². The van der Waals surface area contributed by atoms with Crippen molar-refractivity contribution in [3.8, 4) is 0 Å². The number of hydrogen-bond acceptors (Lipinski definition) is 4. The van der Waals surface area contributed by atoms with Crippen LogP contribution in [0.15, 0.2) is 16.8 Å². The summed E-state index contributed by atoms with van der Waals surface area (Å²) in [5, 5.41) is 6.69. The van der Waals surface area contributed by atoms with Crippen LogP contribution in [0.1, 0.15) is 42.4 Å². The van der Waals surface area contributed by atoms with Crippen LogP contribution in [0.2, 0.25) is 0 Å². The molecular formula is C13H18N4O2. The van der Waals surface area contributed by atoms with E-state index in [1.165, 1.54) is 0 Å². The van der Waals surface area contributed by atoms with Crippen molar-refractivity contribution in [2.45, 2.75) is 39.7 Å². The molecule has 1 amide bonds. The van der Waals surface area contributed by atoms with E-state index < -0.39 is 0 Å². The number of aromatic nitrogens is 3. The van der Waals surface area contributed by atoms with Crippen molar-refractivity contribution in [1.29, 1.82) is 0 Å². The van der Waals surface area contributed by atoms with E-state index in [1.54, 1.807) is 12.3 Å². The Bertz CT molecular complexity index is 558. The van der Waals surface area contributed by atoms with Crippen LogP contribution >= 0.6 is 0 Å². The number of aryl methyl sites for hydroxylation is 2. The summed E-state index contributed by atoms with van der Waals surface area (Å²) in [6, 6.07) is 1.66. The van der Waals surface area contributed by atoms with Gasteiger partial charge >= 0.3 is 0 Å². The van der Waals surface area contributed by atoms with Crippen LogP contribution in [0.3, 0.4) is 0 Å². The zero-order valence-corrected chi connectivity index (χ0v) is 11.4. The number of carbonyl (C=O) groups is 1. The first-order valence-corrected chi connectivity index (χ1v) is 6.31. The summed E-state index contributed by atoms with van der Waals surface area (Å²) in [6.07, 6.45) is 2.72. The van der Waals surface area contributed by atoms with Gasteiger partial charge in [0.2, 0.25) is 5.91 Å². The summed E-state index contributed by atoms with van der Waals surface area (Å²) >= 11 is 0. The van der Waals surface area contributed by atoms with Crippen LogP contribution in [0.25, 0.3) is 0 Å². The second-order valence-electron chi connectivity index (χ2n) is 4.59. The minimum absolute atomic E-state index is 0.1000. The Kier molecular flexibility index (Phi) is 3.99. The predicted molar refractivity (Wildman–Crippen MR) is 69.4 cm³/mol. The van der Waals surface area contributed by atoms with Gasteiger partial charge in [-0.25, -0.2) is 4.98 Å². The Morgan fingerprint density at radius 2 is 2.32 bits per heavy atom. The van der Waals surface area contributed by atoms with Crippen LogP contribution in [0.5, 0.6) is 0 Å². The number of carbonyl (C=O) groups excluding carboxylic acids is 1. The molecule has 0 saturated carbocycles. The van der Waals surface area contributed by atoms with Gasteiger partial charge in [-0.15, -0.1) is 0 Å². The third-order valence-corrected chi connectivity index (χ3v) is 2.81. The minimum Gasteiger partial charge on any atom is -0.361 e. The van der Waals surface area contributed by atoms with E-state index >= 15 is 0 Å². The molecule has 2 rings (SSSR count). The van der Waals surface area contributed by atoms with E-state index in [0.717, 1.165) is 23.6 Å². The second-order valence-corrected chi connectivity index (χ2v) is 4.59. The van der Waals surface area contributed by atoms with Crippen molar-refractivity contribution in [3.05, 3.63) is 35.2 Å². The maximum Gasteiger partial charge on any atom is 0.228 e. The molecule has 0 aromatic carbocycles. The summed E-state index contributed by atoms with van der Waals surface area (Å²) in [4.78, 5) is 19.3. The predicted octanol–water partition coefficient (Wildman–Crippen LogP) is 1.82. The molecule has 2 aromatic rings. The lowest BCUT2D eigenvalue weighted by molar-refractivity contribution is -0.121. The summed E-state index contributed by atoms with van der Waals surface area (Å²) in [6.45, 7) is 5.76. The number of imidazole rings is 1. The van der Waals surface area contributed by atoms with Gasteiger partial charge in [0.1, 0.15) is 11.6 Å². The maximum atomic E-state index is 11.9. The van der Waals surface area contributed by atoms with Crippen molar-refractivity contribution in [2.75, 3.05) is 0 Å². The Labute approximate surface area is 111 Å². The summed E-state index contributed by atoms with van der Waals surface area (Å²) in [5.41, 5.74) is 1.75. The lowest BCUT2D eigenvalue weighted by Gasteiger charge is -2.14. The number of aromatic amines is 1. The van der Waals surface area contributed by atoms with Gasteiger partial charge in [-0.1, -0.05) is 12.1 Å². The molecule has 0 radical (unpaired) electrons. The molecule has 6 heteroatoms. The first kappa shape index (κ1) is 13.3. The first-order valence-electron chi connectivity index (χ1n) is 6.31. The van der Waals surface area contributed by atoms with Crippen LogP contribution in [0.4, 0.5) is 0 Å². The minimum atomic E-state index is -0.106. The number of nitrogens with zero attached hydrogens (tertiary/aromatic N) is 2. The van der Waals surface area contributed by atoms with Gasteiger partial charge in [0.25, 0.3) is 0 Å².